The number of aromatic nitrogens is 1. The minimum Gasteiger partial charge on any atom is -0.506 e. The van der Waals surface area contributed by atoms with Crippen molar-refractivity contribution in [3.63, 3.8) is 0 Å². The van der Waals surface area contributed by atoms with Gasteiger partial charge in [-0.3, -0.25) is 4.98 Å². The van der Waals surface area contributed by atoms with Crippen LogP contribution in [0.2, 0.25) is 0 Å². The summed E-state index contributed by atoms with van der Waals surface area (Å²) < 4.78 is 0. The van der Waals surface area contributed by atoms with Crippen LogP contribution in [0.15, 0.2) is 18.3 Å². The zero-order valence-corrected chi connectivity index (χ0v) is 9.47. The van der Waals surface area contributed by atoms with Crippen molar-refractivity contribution in [1.29, 1.82) is 0 Å². The monoisotopic (exact) mass is 236 g/mol. The molecule has 0 saturated heterocycles. The van der Waals surface area contributed by atoms with Crippen molar-refractivity contribution >= 4 is 6.09 Å². The average molecular weight is 236 g/mol. The Kier molecular flexibility index (Phi) is 3.46. The van der Waals surface area contributed by atoms with Crippen molar-refractivity contribution in [3.05, 3.63) is 24.0 Å². The lowest BCUT2D eigenvalue weighted by atomic mass is 9.84. The van der Waals surface area contributed by atoms with Crippen molar-refractivity contribution in [2.75, 3.05) is 0 Å². The first kappa shape index (κ1) is 11.7. The summed E-state index contributed by atoms with van der Waals surface area (Å²) in [5, 5.41) is 20.3. The largest absolute Gasteiger partial charge is 0.506 e. The summed E-state index contributed by atoms with van der Waals surface area (Å²) in [7, 11) is 0. The number of hydrogen-bond acceptors (Lipinski definition) is 3. The van der Waals surface area contributed by atoms with E-state index in [4.69, 9.17) is 10.2 Å². The van der Waals surface area contributed by atoms with E-state index < -0.39 is 6.09 Å². The quantitative estimate of drug-likeness (QED) is 0.734. The molecule has 5 nitrogen and oxygen atoms in total. The van der Waals surface area contributed by atoms with E-state index in [1.807, 2.05) is 6.07 Å². The third-order valence-corrected chi connectivity index (χ3v) is 3.24. The van der Waals surface area contributed by atoms with Gasteiger partial charge in [0.25, 0.3) is 0 Å². The van der Waals surface area contributed by atoms with Crippen molar-refractivity contribution in [2.24, 2.45) is 0 Å². The van der Waals surface area contributed by atoms with Gasteiger partial charge in [-0.2, -0.15) is 0 Å². The molecular weight excluding hydrogens is 220 g/mol. The second kappa shape index (κ2) is 5.03. The second-order valence-electron chi connectivity index (χ2n) is 4.44. The first-order valence-corrected chi connectivity index (χ1v) is 5.79. The van der Waals surface area contributed by atoms with Crippen LogP contribution < -0.4 is 5.32 Å². The van der Waals surface area contributed by atoms with Gasteiger partial charge in [0.15, 0.2) is 0 Å². The maximum atomic E-state index is 10.5. The topological polar surface area (TPSA) is 82.5 Å². The third kappa shape index (κ3) is 3.09. The van der Waals surface area contributed by atoms with Crippen LogP contribution in [0, 0.1) is 0 Å². The van der Waals surface area contributed by atoms with Crippen LogP contribution in [0.25, 0.3) is 0 Å². The van der Waals surface area contributed by atoms with Gasteiger partial charge in [0.2, 0.25) is 0 Å². The van der Waals surface area contributed by atoms with Gasteiger partial charge in [0.1, 0.15) is 5.75 Å². The fraction of sp³-hybridized carbons (Fsp3) is 0.500. The number of carbonyl (C=O) groups is 1. The molecular formula is C12H16N2O3. The number of amides is 1. The predicted octanol–water partition coefficient (Wildman–Crippen LogP) is 2.08. The van der Waals surface area contributed by atoms with E-state index in [9.17, 15) is 4.79 Å². The summed E-state index contributed by atoms with van der Waals surface area (Å²) >= 11 is 0. The minimum atomic E-state index is -0.948. The molecule has 0 unspecified atom stereocenters. The molecule has 1 heterocycles. The first-order valence-electron chi connectivity index (χ1n) is 5.79. The first-order chi connectivity index (χ1) is 8.15. The molecule has 1 aromatic heterocycles. The van der Waals surface area contributed by atoms with Gasteiger partial charge in [-0.25, -0.2) is 4.79 Å². The Morgan fingerprint density at radius 1 is 1.29 bits per heavy atom. The molecule has 92 valence electrons. The van der Waals surface area contributed by atoms with Gasteiger partial charge in [-0.15, -0.1) is 0 Å². The normalized spacial score (nSPS) is 24.2. The van der Waals surface area contributed by atoms with E-state index in [1.54, 1.807) is 6.07 Å². The summed E-state index contributed by atoms with van der Waals surface area (Å²) in [6.45, 7) is 0. The lowest BCUT2D eigenvalue weighted by Crippen LogP contribution is -2.36. The third-order valence-electron chi connectivity index (χ3n) is 3.24. The molecule has 0 radical (unpaired) electrons. The highest BCUT2D eigenvalue weighted by molar-refractivity contribution is 5.64. The van der Waals surface area contributed by atoms with Crippen LogP contribution >= 0.6 is 0 Å². The summed E-state index contributed by atoms with van der Waals surface area (Å²) in [6, 6.07) is 3.55. The highest BCUT2D eigenvalue weighted by Crippen LogP contribution is 2.32. The smallest absolute Gasteiger partial charge is 0.404 e. The highest BCUT2D eigenvalue weighted by Gasteiger charge is 2.23. The zero-order chi connectivity index (χ0) is 12.3. The molecule has 0 spiro atoms. The molecule has 2 rings (SSSR count). The lowest BCUT2D eigenvalue weighted by molar-refractivity contribution is 0.185. The zero-order valence-electron chi connectivity index (χ0n) is 9.47. The highest BCUT2D eigenvalue weighted by atomic mass is 16.4. The Balaban J connectivity index is 1.90. The van der Waals surface area contributed by atoms with Gasteiger partial charge >= 0.3 is 6.09 Å². The van der Waals surface area contributed by atoms with E-state index in [0.717, 1.165) is 31.4 Å². The van der Waals surface area contributed by atoms with Crippen molar-refractivity contribution in [3.8, 4) is 5.75 Å². The van der Waals surface area contributed by atoms with Crippen LogP contribution in [-0.2, 0) is 0 Å². The number of hydrogen-bond donors (Lipinski definition) is 3. The summed E-state index contributed by atoms with van der Waals surface area (Å²) in [4.78, 5) is 14.7. The fourth-order valence-corrected chi connectivity index (χ4v) is 2.35. The van der Waals surface area contributed by atoms with Gasteiger partial charge in [0, 0.05) is 17.7 Å². The molecule has 5 heteroatoms. The Bertz CT molecular complexity index is 383. The number of nitrogens with one attached hydrogen (secondary N) is 1. The molecule has 1 saturated carbocycles. The van der Waals surface area contributed by atoms with Crippen LogP contribution in [0.4, 0.5) is 4.79 Å². The summed E-state index contributed by atoms with van der Waals surface area (Å²) in [5.74, 6) is 0.553. The molecule has 1 amide bonds. The molecule has 0 aromatic carbocycles. The van der Waals surface area contributed by atoms with Crippen LogP contribution in [-0.4, -0.2) is 27.3 Å². The molecule has 1 aromatic rings. The van der Waals surface area contributed by atoms with Crippen LogP contribution in [0.5, 0.6) is 5.75 Å². The summed E-state index contributed by atoms with van der Waals surface area (Å²) in [5.41, 5.74) is 0.983. The van der Waals surface area contributed by atoms with E-state index in [0.29, 0.717) is 5.92 Å². The van der Waals surface area contributed by atoms with E-state index in [-0.39, 0.29) is 11.8 Å². The van der Waals surface area contributed by atoms with Gasteiger partial charge in [-0.05, 0) is 37.8 Å². The lowest BCUT2D eigenvalue weighted by Gasteiger charge is -2.27. The van der Waals surface area contributed by atoms with Crippen molar-refractivity contribution in [2.45, 2.75) is 37.6 Å². The molecule has 1 fully saturated rings. The van der Waals surface area contributed by atoms with Crippen LogP contribution in [0.3, 0.4) is 0 Å². The number of aromatic hydroxyl groups is 1. The van der Waals surface area contributed by atoms with E-state index in [1.165, 1.54) is 6.20 Å². The SMILES string of the molecule is O=C(O)NC1CCC(c2ccc(O)cn2)CC1. The number of rotatable bonds is 2. The van der Waals surface area contributed by atoms with Crippen molar-refractivity contribution < 1.29 is 15.0 Å². The Labute approximate surface area is 99.5 Å². The van der Waals surface area contributed by atoms with Gasteiger partial charge < -0.3 is 15.5 Å². The Morgan fingerprint density at radius 3 is 2.53 bits per heavy atom. The fourth-order valence-electron chi connectivity index (χ4n) is 2.35. The second-order valence-corrected chi connectivity index (χ2v) is 4.44. The standard InChI is InChI=1S/C12H16N2O3/c15-10-5-6-11(13-7-10)8-1-3-9(4-2-8)14-12(16)17/h5-9,14-15H,1-4H2,(H,16,17). The molecule has 1 aliphatic carbocycles. The van der Waals surface area contributed by atoms with E-state index in [2.05, 4.69) is 10.3 Å². The number of nitrogens with zero attached hydrogens (tertiary/aromatic N) is 1. The number of pyridine rings is 1. The molecule has 3 N–H and O–H groups in total. The average Bonchev–Trinajstić information content (AvgIpc) is 2.30. The minimum absolute atomic E-state index is 0.0702. The van der Waals surface area contributed by atoms with Gasteiger partial charge in [-0.1, -0.05) is 0 Å². The molecule has 0 atom stereocenters. The van der Waals surface area contributed by atoms with Crippen molar-refractivity contribution in [1.82, 2.24) is 10.3 Å². The Hall–Kier alpha value is -1.78. The maximum absolute atomic E-state index is 10.5. The van der Waals surface area contributed by atoms with Crippen LogP contribution in [0.1, 0.15) is 37.3 Å². The molecule has 1 aliphatic rings. The van der Waals surface area contributed by atoms with E-state index >= 15 is 0 Å². The Morgan fingerprint density at radius 2 is 2.00 bits per heavy atom. The maximum Gasteiger partial charge on any atom is 0.404 e. The molecule has 0 aliphatic heterocycles. The predicted molar refractivity (Wildman–Crippen MR) is 62.1 cm³/mol. The molecule has 17 heavy (non-hydrogen) atoms. The molecule has 0 bridgehead atoms. The summed E-state index contributed by atoms with van der Waals surface area (Å²) in [6.07, 6.45) is 4.07. The van der Waals surface area contributed by atoms with Gasteiger partial charge in [0.05, 0.1) is 6.20 Å². The number of carboxylic acid groups (broad SMARTS) is 1.